The zero-order chi connectivity index (χ0) is 19.0. The largest absolute Gasteiger partial charge is 0.516 e. The van der Waals surface area contributed by atoms with Gasteiger partial charge in [-0.15, -0.1) is 0 Å². The number of fused-ring (bicyclic) bond motifs is 1. The first-order chi connectivity index (χ1) is 11.4. The van der Waals surface area contributed by atoms with E-state index in [1.54, 1.807) is 0 Å². The SMILES string of the molecule is C[Si](C)(C)N[C@@H]1C(=O)N2CC(C=CCI)=C(C(=O)O[Si](C)(C)C)S[C@H]12. The van der Waals surface area contributed by atoms with Gasteiger partial charge < -0.3 is 14.3 Å². The molecule has 0 radical (unpaired) electrons. The molecule has 0 aromatic heterocycles. The van der Waals surface area contributed by atoms with Gasteiger partial charge in [-0.05, 0) is 25.2 Å². The van der Waals surface area contributed by atoms with E-state index >= 15 is 0 Å². The maximum Gasteiger partial charge on any atom is 0.331 e. The quantitative estimate of drug-likeness (QED) is 0.257. The lowest BCUT2D eigenvalue weighted by Crippen LogP contribution is -2.73. The molecule has 1 amide bonds. The van der Waals surface area contributed by atoms with Crippen LogP contribution in [0.15, 0.2) is 22.6 Å². The molecule has 2 rings (SSSR count). The Balaban J connectivity index is 2.26. The van der Waals surface area contributed by atoms with Gasteiger partial charge >= 0.3 is 5.97 Å². The van der Waals surface area contributed by atoms with E-state index in [0.717, 1.165) is 10.0 Å². The van der Waals surface area contributed by atoms with Crippen molar-refractivity contribution in [1.29, 1.82) is 0 Å². The number of hydrogen-bond acceptors (Lipinski definition) is 5. The van der Waals surface area contributed by atoms with Crippen LogP contribution in [0.5, 0.6) is 0 Å². The van der Waals surface area contributed by atoms with Gasteiger partial charge in [0.15, 0.2) is 0 Å². The van der Waals surface area contributed by atoms with Gasteiger partial charge in [0.2, 0.25) is 14.2 Å². The van der Waals surface area contributed by atoms with Crippen molar-refractivity contribution in [2.24, 2.45) is 0 Å². The summed E-state index contributed by atoms with van der Waals surface area (Å²) in [7, 11) is -3.55. The van der Waals surface area contributed by atoms with Crippen molar-refractivity contribution >= 4 is 62.8 Å². The van der Waals surface area contributed by atoms with Crippen LogP contribution < -0.4 is 4.98 Å². The normalized spacial score (nSPS) is 24.4. The number of nitrogens with one attached hydrogen (secondary N) is 1. The van der Waals surface area contributed by atoms with E-state index in [-0.39, 0.29) is 23.3 Å². The number of alkyl halides is 1. The molecule has 1 saturated heterocycles. The molecule has 9 heteroatoms. The number of β-lactam (4-membered cyclic amide) rings is 1. The van der Waals surface area contributed by atoms with Crippen LogP contribution in [-0.2, 0) is 14.0 Å². The number of hydrogen-bond donors (Lipinski definition) is 1. The van der Waals surface area contributed by atoms with Crippen molar-refractivity contribution in [1.82, 2.24) is 9.88 Å². The number of carbonyl (C=O) groups excluding carboxylic acids is 2. The molecule has 0 aromatic rings. The Morgan fingerprint density at radius 3 is 2.52 bits per heavy atom. The van der Waals surface area contributed by atoms with Gasteiger partial charge in [0.1, 0.15) is 19.7 Å². The van der Waals surface area contributed by atoms with E-state index in [1.165, 1.54) is 11.8 Å². The van der Waals surface area contributed by atoms with Crippen molar-refractivity contribution in [3.63, 3.8) is 0 Å². The highest BCUT2D eigenvalue weighted by Gasteiger charge is 2.52. The highest BCUT2D eigenvalue weighted by atomic mass is 127. The molecule has 140 valence electrons. The number of rotatable bonds is 6. The Bertz CT molecular complexity index is 626. The van der Waals surface area contributed by atoms with Crippen LogP contribution in [0.1, 0.15) is 0 Å². The average Bonchev–Trinajstić information content (AvgIpc) is 2.47. The minimum Gasteiger partial charge on any atom is -0.516 e. The van der Waals surface area contributed by atoms with Crippen LogP contribution in [0, 0.1) is 0 Å². The number of thioether (sulfide) groups is 1. The van der Waals surface area contributed by atoms with Gasteiger partial charge in [0.25, 0.3) is 0 Å². The fourth-order valence-corrected chi connectivity index (χ4v) is 6.30. The minimum absolute atomic E-state index is 0.0137. The third kappa shape index (κ3) is 5.44. The van der Waals surface area contributed by atoms with Crippen LogP contribution in [0.2, 0.25) is 39.3 Å². The summed E-state index contributed by atoms with van der Waals surface area (Å²) < 4.78 is 6.59. The zero-order valence-electron chi connectivity index (χ0n) is 15.7. The van der Waals surface area contributed by atoms with E-state index in [1.807, 2.05) is 36.7 Å². The molecule has 0 saturated carbocycles. The topological polar surface area (TPSA) is 58.6 Å². The molecule has 2 atom stereocenters. The Morgan fingerprint density at radius 2 is 2.00 bits per heavy atom. The summed E-state index contributed by atoms with van der Waals surface area (Å²) in [5, 5.41) is -0.0137. The van der Waals surface area contributed by atoms with Crippen molar-refractivity contribution in [3.8, 4) is 0 Å². The molecule has 25 heavy (non-hydrogen) atoms. The highest BCUT2D eigenvalue weighted by molar-refractivity contribution is 14.1. The maximum atomic E-state index is 12.7. The predicted octanol–water partition coefficient (Wildman–Crippen LogP) is 3.32. The monoisotopic (exact) mass is 510 g/mol. The van der Waals surface area contributed by atoms with Crippen LogP contribution >= 0.6 is 34.4 Å². The summed E-state index contributed by atoms with van der Waals surface area (Å²) in [6.07, 6.45) is 3.98. The van der Waals surface area contributed by atoms with E-state index < -0.39 is 16.6 Å². The highest BCUT2D eigenvalue weighted by Crippen LogP contribution is 2.42. The fourth-order valence-electron chi connectivity index (χ4n) is 2.69. The van der Waals surface area contributed by atoms with Gasteiger partial charge in [-0.25, -0.2) is 4.79 Å². The van der Waals surface area contributed by atoms with Crippen LogP contribution in [0.3, 0.4) is 0 Å². The fraction of sp³-hybridized carbons (Fsp3) is 0.625. The number of halogens is 1. The van der Waals surface area contributed by atoms with Crippen LogP contribution in [0.25, 0.3) is 0 Å². The summed E-state index contributed by atoms with van der Waals surface area (Å²) in [5.41, 5.74) is 0.890. The molecule has 2 aliphatic rings. The second-order valence-corrected chi connectivity index (χ2v) is 19.5. The van der Waals surface area contributed by atoms with Gasteiger partial charge in [-0.2, -0.15) is 0 Å². The van der Waals surface area contributed by atoms with Crippen molar-refractivity contribution in [3.05, 3.63) is 22.6 Å². The predicted molar refractivity (Wildman–Crippen MR) is 118 cm³/mol. The van der Waals surface area contributed by atoms with Gasteiger partial charge in [0.05, 0.1) is 4.91 Å². The van der Waals surface area contributed by atoms with Crippen molar-refractivity contribution in [2.75, 3.05) is 11.0 Å². The maximum absolute atomic E-state index is 12.7. The lowest BCUT2D eigenvalue weighted by atomic mass is 10.1. The number of amides is 1. The Kier molecular flexibility index (Phi) is 6.67. The smallest absolute Gasteiger partial charge is 0.331 e. The molecule has 0 aliphatic carbocycles. The second-order valence-electron chi connectivity index (χ2n) is 8.26. The minimum atomic E-state index is -1.97. The molecular weight excluding hydrogens is 483 g/mol. The van der Waals surface area contributed by atoms with Gasteiger partial charge in [-0.1, -0.05) is 66.1 Å². The molecule has 2 aliphatic heterocycles. The summed E-state index contributed by atoms with van der Waals surface area (Å²) in [4.78, 5) is 31.3. The molecular formula is C16H27IN2O3SSi2. The Labute approximate surface area is 170 Å². The number of allylic oxidation sites excluding steroid dienone is 1. The van der Waals surface area contributed by atoms with Crippen LogP contribution in [-0.4, -0.2) is 55.7 Å². The summed E-state index contributed by atoms with van der Waals surface area (Å²) in [5.74, 6) is -0.0964. The average molecular weight is 511 g/mol. The molecule has 1 fully saturated rings. The molecule has 1 N–H and O–H groups in total. The number of carbonyl (C=O) groups is 2. The summed E-state index contributed by atoms with van der Waals surface area (Å²) in [6.45, 7) is 13.1. The van der Waals surface area contributed by atoms with Crippen molar-refractivity contribution in [2.45, 2.75) is 50.7 Å². The Hall–Kier alpha value is -0.106. The first kappa shape index (κ1) is 21.2. The molecule has 5 nitrogen and oxygen atoms in total. The summed E-state index contributed by atoms with van der Waals surface area (Å²) in [6, 6.07) is -0.193. The third-order valence-electron chi connectivity index (χ3n) is 3.59. The first-order valence-corrected chi connectivity index (χ1v) is 17.7. The van der Waals surface area contributed by atoms with E-state index in [0.29, 0.717) is 11.4 Å². The standard InChI is InChI=1S/C16H27IN2O3SSi2/c1-24(2,3)18-12-14(20)19-10-11(8-7-9-17)13(23-15(12)19)16(21)22-25(4,5)6/h7-8,12,15,18H,9-10H2,1-6H3/t12-,15-/m1/s1. The zero-order valence-corrected chi connectivity index (χ0v) is 20.7. The van der Waals surface area contributed by atoms with E-state index in [9.17, 15) is 9.59 Å². The first-order valence-electron chi connectivity index (χ1n) is 8.37. The summed E-state index contributed by atoms with van der Waals surface area (Å²) >= 11 is 3.74. The molecule has 0 aromatic carbocycles. The van der Waals surface area contributed by atoms with E-state index in [4.69, 9.17) is 4.43 Å². The third-order valence-corrected chi connectivity index (χ3v) is 7.51. The molecule has 0 bridgehead atoms. The second kappa shape index (κ2) is 7.87. The lowest BCUT2D eigenvalue weighted by molar-refractivity contribution is -0.144. The molecule has 0 spiro atoms. The van der Waals surface area contributed by atoms with Gasteiger partial charge in [-0.3, -0.25) is 4.79 Å². The van der Waals surface area contributed by atoms with E-state index in [2.05, 4.69) is 47.2 Å². The van der Waals surface area contributed by atoms with Crippen LogP contribution in [0.4, 0.5) is 0 Å². The van der Waals surface area contributed by atoms with Gasteiger partial charge in [0, 0.05) is 11.0 Å². The van der Waals surface area contributed by atoms with Crippen molar-refractivity contribution < 1.29 is 14.0 Å². The number of nitrogens with zero attached hydrogens (tertiary/aromatic N) is 1. The molecule has 2 heterocycles. The Morgan fingerprint density at radius 1 is 1.36 bits per heavy atom. The molecule has 0 unspecified atom stereocenters. The lowest BCUT2D eigenvalue weighted by Gasteiger charge is -2.51.